The van der Waals surface area contributed by atoms with Gasteiger partial charge in [-0.05, 0) is 54.8 Å². The first-order valence-electron chi connectivity index (χ1n) is 10.5. The fourth-order valence-corrected chi connectivity index (χ4v) is 3.16. The van der Waals surface area contributed by atoms with Crippen LogP contribution in [0.3, 0.4) is 0 Å². The average molecular weight is 447 g/mol. The summed E-state index contributed by atoms with van der Waals surface area (Å²) in [7, 11) is 0. The number of urea groups is 1. The molecule has 0 aliphatic heterocycles. The van der Waals surface area contributed by atoms with Gasteiger partial charge < -0.3 is 25.1 Å². The number of hydrogen-bond acceptors (Lipinski definition) is 6. The second-order valence-electron chi connectivity index (χ2n) is 7.33. The Morgan fingerprint density at radius 2 is 1.97 bits per heavy atom. The van der Waals surface area contributed by atoms with E-state index in [9.17, 15) is 9.59 Å². The van der Waals surface area contributed by atoms with Crippen LogP contribution in [-0.4, -0.2) is 23.2 Å². The number of ether oxygens (including phenoxy) is 1. The Balaban J connectivity index is 1.53. The smallest absolute Gasteiger partial charge is 0.407 e. The van der Waals surface area contributed by atoms with Crippen molar-refractivity contribution >= 4 is 23.5 Å². The van der Waals surface area contributed by atoms with Crippen LogP contribution in [0.25, 0.3) is 11.3 Å². The lowest BCUT2D eigenvalue weighted by molar-refractivity contribution is 0.0971. The van der Waals surface area contributed by atoms with Gasteiger partial charge in [0.2, 0.25) is 0 Å². The van der Waals surface area contributed by atoms with Crippen molar-refractivity contribution in [2.24, 2.45) is 0 Å². The number of nitriles is 1. The minimum absolute atomic E-state index is 0.154. The third kappa shape index (κ3) is 6.83. The van der Waals surface area contributed by atoms with Gasteiger partial charge in [-0.15, -0.1) is 0 Å². The van der Waals surface area contributed by atoms with Crippen LogP contribution in [0.2, 0.25) is 0 Å². The summed E-state index contributed by atoms with van der Waals surface area (Å²) in [5.41, 5.74) is 3.83. The van der Waals surface area contributed by atoms with E-state index in [0.717, 1.165) is 16.7 Å². The number of alkyl carbamates (subject to hydrolysis) is 1. The normalized spacial score (nSPS) is 11.2. The molecule has 9 nitrogen and oxygen atoms in total. The van der Waals surface area contributed by atoms with E-state index >= 15 is 0 Å². The van der Waals surface area contributed by atoms with Crippen molar-refractivity contribution in [2.75, 3.05) is 10.6 Å². The topological polar surface area (TPSA) is 129 Å². The maximum atomic E-state index is 12.4. The van der Waals surface area contributed by atoms with Gasteiger partial charge in [0, 0.05) is 23.5 Å². The number of nitrogens with zero attached hydrogens (tertiary/aromatic N) is 2. The third-order valence-corrected chi connectivity index (χ3v) is 4.85. The molecule has 1 atom stereocenters. The quantitative estimate of drug-likeness (QED) is 0.434. The van der Waals surface area contributed by atoms with Gasteiger partial charge in [-0.3, -0.25) is 0 Å². The SMILES string of the molecule is CC[C@H](CC#N)OC(=O)NCc1cccc(NC(=O)Nc2ccc(-c3cnco3)c(C)c2)c1. The van der Waals surface area contributed by atoms with Crippen LogP contribution in [0, 0.1) is 18.3 Å². The minimum atomic E-state index is -0.586. The van der Waals surface area contributed by atoms with Crippen LogP contribution >= 0.6 is 0 Å². The van der Waals surface area contributed by atoms with Crippen molar-refractivity contribution in [3.05, 3.63) is 66.2 Å². The summed E-state index contributed by atoms with van der Waals surface area (Å²) in [6.07, 6.45) is 2.71. The summed E-state index contributed by atoms with van der Waals surface area (Å²) >= 11 is 0. The molecule has 3 aromatic rings. The summed E-state index contributed by atoms with van der Waals surface area (Å²) in [6.45, 7) is 3.99. The number of rotatable bonds is 8. The molecule has 0 radical (unpaired) electrons. The van der Waals surface area contributed by atoms with E-state index in [1.807, 2.05) is 38.1 Å². The first-order chi connectivity index (χ1) is 16.0. The molecule has 0 spiro atoms. The van der Waals surface area contributed by atoms with E-state index in [1.54, 1.807) is 30.5 Å². The molecule has 0 aliphatic rings. The van der Waals surface area contributed by atoms with Gasteiger partial charge >= 0.3 is 12.1 Å². The van der Waals surface area contributed by atoms with Crippen LogP contribution in [0.5, 0.6) is 0 Å². The summed E-state index contributed by atoms with van der Waals surface area (Å²) in [6, 6.07) is 14.2. The fourth-order valence-electron chi connectivity index (χ4n) is 3.16. The van der Waals surface area contributed by atoms with E-state index < -0.39 is 18.2 Å². The van der Waals surface area contributed by atoms with Crippen LogP contribution in [0.4, 0.5) is 21.0 Å². The lowest BCUT2D eigenvalue weighted by atomic mass is 10.1. The van der Waals surface area contributed by atoms with Gasteiger partial charge in [-0.2, -0.15) is 5.26 Å². The molecular formula is C24H25N5O4. The summed E-state index contributed by atoms with van der Waals surface area (Å²) in [4.78, 5) is 28.3. The van der Waals surface area contributed by atoms with E-state index in [1.165, 1.54) is 6.39 Å². The van der Waals surface area contributed by atoms with Crippen LogP contribution < -0.4 is 16.0 Å². The summed E-state index contributed by atoms with van der Waals surface area (Å²) in [5, 5.41) is 17.0. The highest BCUT2D eigenvalue weighted by Gasteiger charge is 2.12. The van der Waals surface area contributed by atoms with Crippen LogP contribution in [0.1, 0.15) is 30.9 Å². The molecular weight excluding hydrogens is 422 g/mol. The zero-order valence-electron chi connectivity index (χ0n) is 18.4. The molecule has 170 valence electrons. The molecule has 2 aromatic carbocycles. The molecule has 0 bridgehead atoms. The Hall–Kier alpha value is -4.32. The van der Waals surface area contributed by atoms with Gasteiger partial charge in [0.1, 0.15) is 6.10 Å². The predicted molar refractivity (Wildman–Crippen MR) is 123 cm³/mol. The molecule has 3 N–H and O–H groups in total. The van der Waals surface area contributed by atoms with E-state index in [2.05, 4.69) is 20.9 Å². The second-order valence-corrected chi connectivity index (χ2v) is 7.33. The average Bonchev–Trinajstić information content (AvgIpc) is 3.32. The highest BCUT2D eigenvalue weighted by Crippen LogP contribution is 2.25. The highest BCUT2D eigenvalue weighted by atomic mass is 16.6. The maximum absolute atomic E-state index is 12.4. The second kappa shape index (κ2) is 11.3. The lowest BCUT2D eigenvalue weighted by Crippen LogP contribution is -2.28. The van der Waals surface area contributed by atoms with E-state index in [0.29, 0.717) is 23.6 Å². The monoisotopic (exact) mass is 447 g/mol. The number of carbonyl (C=O) groups is 2. The molecule has 33 heavy (non-hydrogen) atoms. The molecule has 3 amide bonds. The first-order valence-corrected chi connectivity index (χ1v) is 10.5. The van der Waals surface area contributed by atoms with Crippen molar-refractivity contribution in [1.82, 2.24) is 10.3 Å². The molecule has 9 heteroatoms. The Labute approximate surface area is 191 Å². The zero-order chi connectivity index (χ0) is 23.6. The van der Waals surface area contributed by atoms with Gasteiger partial charge in [0.15, 0.2) is 12.2 Å². The van der Waals surface area contributed by atoms with E-state index in [4.69, 9.17) is 14.4 Å². The maximum Gasteiger partial charge on any atom is 0.407 e. The van der Waals surface area contributed by atoms with Crippen molar-refractivity contribution in [2.45, 2.75) is 39.3 Å². The Kier molecular flexibility index (Phi) is 8.02. The standard InChI is InChI=1S/C24H25N5O4/c1-3-20(9-10-25)33-24(31)27-13-17-5-4-6-18(12-17)28-23(30)29-19-7-8-21(16(2)11-19)22-14-26-15-32-22/h4-8,11-12,14-15,20H,3,9,13H2,1-2H3,(H,27,31)(H2,28,29,30)/t20-/m1/s1. The zero-order valence-corrected chi connectivity index (χ0v) is 18.4. The molecule has 1 heterocycles. The van der Waals surface area contributed by atoms with E-state index in [-0.39, 0.29) is 13.0 Å². The van der Waals surface area contributed by atoms with Gasteiger partial charge in [-0.25, -0.2) is 14.6 Å². The van der Waals surface area contributed by atoms with Crippen molar-refractivity contribution in [1.29, 1.82) is 5.26 Å². The number of anilines is 2. The predicted octanol–water partition coefficient (Wildman–Crippen LogP) is 5.21. The number of carbonyl (C=O) groups excluding carboxylic acids is 2. The largest absolute Gasteiger partial charge is 0.445 e. The number of aryl methyl sites for hydroxylation is 1. The molecule has 3 rings (SSSR count). The summed E-state index contributed by atoms with van der Waals surface area (Å²) < 4.78 is 10.5. The number of oxazole rings is 1. The Morgan fingerprint density at radius 1 is 1.18 bits per heavy atom. The molecule has 1 aromatic heterocycles. The molecule has 0 saturated carbocycles. The number of benzene rings is 2. The van der Waals surface area contributed by atoms with Crippen molar-refractivity contribution < 1.29 is 18.7 Å². The third-order valence-electron chi connectivity index (χ3n) is 4.85. The van der Waals surface area contributed by atoms with Crippen LogP contribution in [-0.2, 0) is 11.3 Å². The highest BCUT2D eigenvalue weighted by molar-refractivity contribution is 6.00. The van der Waals surface area contributed by atoms with Crippen molar-refractivity contribution in [3.63, 3.8) is 0 Å². The molecule has 0 fully saturated rings. The Bertz CT molecular complexity index is 1140. The number of amides is 3. The Morgan fingerprint density at radius 3 is 2.64 bits per heavy atom. The summed E-state index contributed by atoms with van der Waals surface area (Å²) in [5.74, 6) is 0.660. The number of nitrogens with one attached hydrogen (secondary N) is 3. The van der Waals surface area contributed by atoms with Gasteiger partial charge in [-0.1, -0.05) is 19.1 Å². The number of hydrogen-bond donors (Lipinski definition) is 3. The van der Waals surface area contributed by atoms with Gasteiger partial charge in [0.25, 0.3) is 0 Å². The van der Waals surface area contributed by atoms with Crippen molar-refractivity contribution in [3.8, 4) is 17.4 Å². The lowest BCUT2D eigenvalue weighted by Gasteiger charge is -2.14. The van der Waals surface area contributed by atoms with Crippen LogP contribution in [0.15, 0.2) is 59.5 Å². The fraction of sp³-hybridized carbons (Fsp3) is 0.250. The first kappa shape index (κ1) is 23.3. The molecule has 0 saturated heterocycles. The van der Waals surface area contributed by atoms with Gasteiger partial charge in [0.05, 0.1) is 18.7 Å². The minimum Gasteiger partial charge on any atom is -0.445 e. The number of aromatic nitrogens is 1. The molecule has 0 aliphatic carbocycles. The molecule has 0 unspecified atom stereocenters.